The van der Waals surface area contributed by atoms with Crippen LogP contribution in [0.5, 0.6) is 0 Å². The summed E-state index contributed by atoms with van der Waals surface area (Å²) in [5, 5.41) is 9.63. The number of H-pyrrole nitrogens is 1. The number of nitrogens with one attached hydrogen (secondary N) is 1. The Morgan fingerprint density at radius 3 is 2.50 bits per heavy atom. The number of nitrogens with zero attached hydrogens (tertiary/aromatic N) is 4. The summed E-state index contributed by atoms with van der Waals surface area (Å²) in [5.74, 6) is -0.0615. The zero-order valence-electron chi connectivity index (χ0n) is 15.6. The summed E-state index contributed by atoms with van der Waals surface area (Å²) in [4.78, 5) is 21.6. The normalized spacial score (nSPS) is 15.7. The zero-order chi connectivity index (χ0) is 20.8. The number of nitriles is 1. The number of fused-ring (bicyclic) bond motifs is 1. The fourth-order valence-electron chi connectivity index (χ4n) is 3.63. The first-order valence-electron chi connectivity index (χ1n) is 8.73. The van der Waals surface area contributed by atoms with Crippen molar-refractivity contribution >= 4 is 34.2 Å². The van der Waals surface area contributed by atoms with Crippen LogP contribution >= 0.6 is 11.6 Å². The lowest BCUT2D eigenvalue weighted by molar-refractivity contribution is -0.141. The van der Waals surface area contributed by atoms with E-state index in [9.17, 15) is 23.2 Å². The summed E-state index contributed by atoms with van der Waals surface area (Å²) >= 11 is 6.16. The van der Waals surface area contributed by atoms with Crippen molar-refractivity contribution in [1.82, 2.24) is 14.9 Å². The van der Waals surface area contributed by atoms with E-state index >= 15 is 0 Å². The number of aromatic nitrogens is 2. The van der Waals surface area contributed by atoms with Crippen LogP contribution in [-0.2, 0) is 11.0 Å². The van der Waals surface area contributed by atoms with Gasteiger partial charge in [-0.25, -0.2) is 4.98 Å². The standard InChI is InChI=1S/C18H19ClF3N5O/c1-9-13(19)14-15(24-9)16(12(8-23)17(25-14)18(20,21)22)27-6-4-11(5-7-27)26(3)10(2)28/h11,24H,4-7H2,1-3H3. The Labute approximate surface area is 164 Å². The molecule has 2 aromatic rings. The zero-order valence-corrected chi connectivity index (χ0v) is 16.4. The van der Waals surface area contributed by atoms with Crippen molar-refractivity contribution in [3.8, 4) is 6.07 Å². The molecule has 1 aliphatic heterocycles. The molecule has 0 aliphatic carbocycles. The number of alkyl halides is 3. The summed E-state index contributed by atoms with van der Waals surface area (Å²) in [6, 6.07) is 1.70. The minimum atomic E-state index is -4.78. The van der Waals surface area contributed by atoms with E-state index in [4.69, 9.17) is 11.6 Å². The van der Waals surface area contributed by atoms with E-state index in [1.54, 1.807) is 29.8 Å². The molecular formula is C18H19ClF3N5O. The number of hydrogen-bond donors (Lipinski definition) is 1. The van der Waals surface area contributed by atoms with Crippen LogP contribution in [0.3, 0.4) is 0 Å². The van der Waals surface area contributed by atoms with Gasteiger partial charge in [-0.3, -0.25) is 4.79 Å². The van der Waals surface area contributed by atoms with Crippen LogP contribution in [0.1, 0.15) is 36.7 Å². The molecular weight excluding hydrogens is 395 g/mol. The second-order valence-corrected chi connectivity index (χ2v) is 7.31. The van der Waals surface area contributed by atoms with Gasteiger partial charge in [0.25, 0.3) is 0 Å². The topological polar surface area (TPSA) is 76.0 Å². The third kappa shape index (κ3) is 3.37. The quantitative estimate of drug-likeness (QED) is 0.811. The second-order valence-electron chi connectivity index (χ2n) is 6.93. The molecule has 0 bridgehead atoms. The van der Waals surface area contributed by atoms with Gasteiger partial charge in [-0.1, -0.05) is 11.6 Å². The number of aryl methyl sites for hydroxylation is 1. The van der Waals surface area contributed by atoms with Crippen LogP contribution < -0.4 is 4.90 Å². The summed E-state index contributed by atoms with van der Waals surface area (Å²) < 4.78 is 40.7. The van der Waals surface area contributed by atoms with E-state index in [0.29, 0.717) is 37.1 Å². The van der Waals surface area contributed by atoms with Gasteiger partial charge in [0.1, 0.15) is 17.1 Å². The molecule has 0 spiro atoms. The van der Waals surface area contributed by atoms with E-state index in [-0.39, 0.29) is 28.2 Å². The molecule has 0 aromatic carbocycles. The Bertz CT molecular complexity index is 970. The van der Waals surface area contributed by atoms with Crippen LogP contribution in [0.4, 0.5) is 18.9 Å². The monoisotopic (exact) mass is 413 g/mol. The Hall–Kier alpha value is -2.47. The van der Waals surface area contributed by atoms with Gasteiger partial charge < -0.3 is 14.8 Å². The largest absolute Gasteiger partial charge is 0.434 e. The van der Waals surface area contributed by atoms with Crippen molar-refractivity contribution in [2.45, 2.75) is 38.9 Å². The van der Waals surface area contributed by atoms with Gasteiger partial charge in [-0.2, -0.15) is 18.4 Å². The molecule has 1 saturated heterocycles. The highest BCUT2D eigenvalue weighted by molar-refractivity contribution is 6.36. The fraction of sp³-hybridized carbons (Fsp3) is 0.500. The van der Waals surface area contributed by atoms with Gasteiger partial charge >= 0.3 is 6.18 Å². The van der Waals surface area contributed by atoms with Crippen molar-refractivity contribution in [3.63, 3.8) is 0 Å². The van der Waals surface area contributed by atoms with Gasteiger partial charge in [0.15, 0.2) is 5.69 Å². The molecule has 3 rings (SSSR count). The minimum Gasteiger partial charge on any atom is -0.368 e. The molecule has 1 amide bonds. The van der Waals surface area contributed by atoms with E-state index < -0.39 is 17.4 Å². The van der Waals surface area contributed by atoms with E-state index in [2.05, 4.69) is 9.97 Å². The highest BCUT2D eigenvalue weighted by atomic mass is 35.5. The van der Waals surface area contributed by atoms with Crippen LogP contribution in [0.25, 0.3) is 11.0 Å². The smallest absolute Gasteiger partial charge is 0.368 e. The predicted octanol–water partition coefficient (Wildman–Crippen LogP) is 3.86. The average molecular weight is 414 g/mol. The number of rotatable bonds is 2. The van der Waals surface area contributed by atoms with Crippen molar-refractivity contribution in [2.24, 2.45) is 0 Å². The summed E-state index contributed by atoms with van der Waals surface area (Å²) in [5.41, 5.74) is -0.773. The SMILES string of the molecule is CC(=O)N(C)C1CCN(c2c(C#N)c(C(F)(F)F)nc3c(Cl)c(C)[nH]c23)CC1. The molecule has 28 heavy (non-hydrogen) atoms. The highest BCUT2D eigenvalue weighted by Gasteiger charge is 2.40. The number of carbonyl (C=O) groups is 1. The van der Waals surface area contributed by atoms with E-state index in [0.717, 1.165) is 0 Å². The minimum absolute atomic E-state index is 0.00321. The van der Waals surface area contributed by atoms with Crippen molar-refractivity contribution < 1.29 is 18.0 Å². The summed E-state index contributed by atoms with van der Waals surface area (Å²) in [6.07, 6.45) is -3.62. The molecule has 1 N–H and O–H groups in total. The number of halogens is 4. The van der Waals surface area contributed by atoms with Crippen LogP contribution in [0.2, 0.25) is 5.02 Å². The molecule has 3 heterocycles. The molecule has 0 radical (unpaired) electrons. The predicted molar refractivity (Wildman–Crippen MR) is 99.2 cm³/mol. The van der Waals surface area contributed by atoms with Crippen LogP contribution in [0, 0.1) is 18.3 Å². The second kappa shape index (κ2) is 7.17. The third-order valence-corrected chi connectivity index (χ3v) is 5.69. The van der Waals surface area contributed by atoms with Gasteiger partial charge in [-0.05, 0) is 19.8 Å². The van der Waals surface area contributed by atoms with Crippen LogP contribution in [-0.4, -0.2) is 47.0 Å². The molecule has 1 fully saturated rings. The Balaban J connectivity index is 2.11. The third-order valence-electron chi connectivity index (χ3n) is 5.23. The Morgan fingerprint density at radius 1 is 1.39 bits per heavy atom. The fourth-order valence-corrected chi connectivity index (χ4v) is 3.82. The van der Waals surface area contributed by atoms with E-state index in [1.165, 1.54) is 6.92 Å². The molecule has 6 nitrogen and oxygen atoms in total. The number of amides is 1. The summed E-state index contributed by atoms with van der Waals surface area (Å²) in [6.45, 7) is 3.93. The lowest BCUT2D eigenvalue weighted by Crippen LogP contribution is -2.45. The number of pyridine rings is 1. The number of anilines is 1. The van der Waals surface area contributed by atoms with Gasteiger partial charge in [0, 0.05) is 38.8 Å². The van der Waals surface area contributed by atoms with E-state index in [1.807, 2.05) is 0 Å². The molecule has 150 valence electrons. The summed E-state index contributed by atoms with van der Waals surface area (Å²) in [7, 11) is 1.71. The Kier molecular flexibility index (Phi) is 5.19. The molecule has 0 atom stereocenters. The highest BCUT2D eigenvalue weighted by Crippen LogP contribution is 2.41. The number of hydrogen-bond acceptors (Lipinski definition) is 4. The maximum atomic E-state index is 13.6. The first kappa shape index (κ1) is 20.3. The maximum absolute atomic E-state index is 13.6. The number of aromatic amines is 1. The average Bonchev–Trinajstić information content (AvgIpc) is 2.93. The van der Waals surface area contributed by atoms with Crippen molar-refractivity contribution in [3.05, 3.63) is 22.0 Å². The maximum Gasteiger partial charge on any atom is 0.434 e. The van der Waals surface area contributed by atoms with Gasteiger partial charge in [0.2, 0.25) is 5.91 Å². The van der Waals surface area contributed by atoms with Gasteiger partial charge in [0.05, 0.1) is 16.2 Å². The molecule has 10 heteroatoms. The molecule has 1 aliphatic rings. The first-order valence-corrected chi connectivity index (χ1v) is 9.11. The number of piperidine rings is 1. The first-order chi connectivity index (χ1) is 13.1. The lowest BCUT2D eigenvalue weighted by Gasteiger charge is -2.38. The number of carbonyl (C=O) groups excluding carboxylic acids is 1. The molecule has 0 saturated carbocycles. The Morgan fingerprint density at radius 2 is 2.00 bits per heavy atom. The lowest BCUT2D eigenvalue weighted by atomic mass is 10.0. The molecule has 0 unspecified atom stereocenters. The van der Waals surface area contributed by atoms with Crippen LogP contribution in [0.15, 0.2) is 0 Å². The van der Waals surface area contributed by atoms with Crippen molar-refractivity contribution in [2.75, 3.05) is 25.0 Å². The van der Waals surface area contributed by atoms with Crippen molar-refractivity contribution in [1.29, 1.82) is 5.26 Å². The van der Waals surface area contributed by atoms with Gasteiger partial charge in [-0.15, -0.1) is 0 Å². The molecule has 2 aromatic heterocycles.